The van der Waals surface area contributed by atoms with E-state index >= 15 is 0 Å². The Morgan fingerprint density at radius 2 is 1.88 bits per heavy atom. The standard InChI is InChI=1S/C12H10N2O3/c15-10-7-6-9-11(17-10)13-14(12(9)16)8-4-2-1-3-5-8/h1-5,13H,6-7H2. The van der Waals surface area contributed by atoms with E-state index in [4.69, 9.17) is 4.74 Å². The van der Waals surface area contributed by atoms with Gasteiger partial charge in [-0.05, 0) is 18.6 Å². The van der Waals surface area contributed by atoms with Gasteiger partial charge in [-0.15, -0.1) is 0 Å². The fourth-order valence-corrected chi connectivity index (χ4v) is 1.91. The van der Waals surface area contributed by atoms with Crippen molar-refractivity contribution >= 4 is 5.97 Å². The van der Waals surface area contributed by atoms with Gasteiger partial charge in [0.25, 0.3) is 5.56 Å². The summed E-state index contributed by atoms with van der Waals surface area (Å²) in [6.45, 7) is 0. The minimum atomic E-state index is -0.307. The first-order valence-corrected chi connectivity index (χ1v) is 5.36. The summed E-state index contributed by atoms with van der Waals surface area (Å²) >= 11 is 0. The second-order valence-corrected chi connectivity index (χ2v) is 3.87. The number of H-pyrrole nitrogens is 1. The van der Waals surface area contributed by atoms with Crippen molar-refractivity contribution in [3.63, 3.8) is 0 Å². The topological polar surface area (TPSA) is 64.1 Å². The number of aromatic nitrogens is 2. The van der Waals surface area contributed by atoms with Crippen LogP contribution in [0, 0.1) is 0 Å². The maximum absolute atomic E-state index is 12.1. The minimum absolute atomic E-state index is 0.154. The van der Waals surface area contributed by atoms with Crippen LogP contribution in [0.3, 0.4) is 0 Å². The maximum atomic E-state index is 12.1. The van der Waals surface area contributed by atoms with E-state index in [1.807, 2.05) is 30.3 Å². The van der Waals surface area contributed by atoms with Gasteiger partial charge >= 0.3 is 5.97 Å². The molecule has 0 saturated heterocycles. The molecular formula is C12H10N2O3. The summed E-state index contributed by atoms with van der Waals surface area (Å²) in [7, 11) is 0. The van der Waals surface area contributed by atoms with E-state index < -0.39 is 0 Å². The lowest BCUT2D eigenvalue weighted by molar-refractivity contribution is -0.135. The fourth-order valence-electron chi connectivity index (χ4n) is 1.91. The van der Waals surface area contributed by atoms with Crippen LogP contribution in [0.15, 0.2) is 35.1 Å². The molecule has 5 nitrogen and oxygen atoms in total. The lowest BCUT2D eigenvalue weighted by atomic mass is 10.1. The van der Waals surface area contributed by atoms with E-state index in [0.717, 1.165) is 5.69 Å². The summed E-state index contributed by atoms with van der Waals surface area (Å²) in [5.74, 6) is -0.0333. The van der Waals surface area contributed by atoms with Crippen molar-refractivity contribution < 1.29 is 9.53 Å². The Labute approximate surface area is 96.6 Å². The molecule has 0 fully saturated rings. The summed E-state index contributed by atoms with van der Waals surface area (Å²) < 4.78 is 6.39. The van der Waals surface area contributed by atoms with E-state index in [-0.39, 0.29) is 23.8 Å². The van der Waals surface area contributed by atoms with Crippen LogP contribution in [0.1, 0.15) is 12.0 Å². The van der Waals surface area contributed by atoms with Crippen LogP contribution in [0.4, 0.5) is 0 Å². The summed E-state index contributed by atoms with van der Waals surface area (Å²) in [5, 5.41) is 2.81. The average Bonchev–Trinajstić information content (AvgIpc) is 2.67. The minimum Gasteiger partial charge on any atom is -0.408 e. The molecule has 1 aliphatic rings. The van der Waals surface area contributed by atoms with Crippen LogP contribution >= 0.6 is 0 Å². The van der Waals surface area contributed by atoms with Crippen molar-refractivity contribution in [2.24, 2.45) is 0 Å². The summed E-state index contributed by atoms with van der Waals surface area (Å²) in [5.41, 5.74) is 1.11. The highest BCUT2D eigenvalue weighted by Crippen LogP contribution is 2.20. The third-order valence-electron chi connectivity index (χ3n) is 2.76. The molecule has 3 rings (SSSR count). The molecule has 17 heavy (non-hydrogen) atoms. The van der Waals surface area contributed by atoms with Gasteiger partial charge in [0.15, 0.2) is 0 Å². The quantitative estimate of drug-likeness (QED) is 0.744. The number of benzene rings is 1. The number of fused-ring (bicyclic) bond motifs is 1. The molecule has 0 atom stereocenters. The van der Waals surface area contributed by atoms with E-state index in [1.54, 1.807) is 0 Å². The summed E-state index contributed by atoms with van der Waals surface area (Å²) in [6.07, 6.45) is 0.693. The number of hydrogen-bond acceptors (Lipinski definition) is 3. The van der Waals surface area contributed by atoms with Gasteiger partial charge in [-0.2, -0.15) is 0 Å². The fraction of sp³-hybridized carbons (Fsp3) is 0.167. The first-order valence-electron chi connectivity index (χ1n) is 5.36. The molecule has 2 heterocycles. The van der Waals surface area contributed by atoms with E-state index in [0.29, 0.717) is 12.0 Å². The van der Waals surface area contributed by atoms with Crippen LogP contribution in [-0.4, -0.2) is 15.7 Å². The zero-order valence-electron chi connectivity index (χ0n) is 8.97. The number of carbonyl (C=O) groups excluding carboxylic acids is 1. The normalized spacial score (nSPS) is 14.2. The van der Waals surface area contributed by atoms with Gasteiger partial charge in [-0.3, -0.25) is 14.7 Å². The number of nitrogens with zero attached hydrogens (tertiary/aromatic N) is 1. The highest BCUT2D eigenvalue weighted by Gasteiger charge is 2.24. The molecule has 1 aliphatic heterocycles. The Morgan fingerprint density at radius 3 is 2.65 bits per heavy atom. The van der Waals surface area contributed by atoms with E-state index in [1.165, 1.54) is 4.68 Å². The van der Waals surface area contributed by atoms with Crippen LogP contribution in [-0.2, 0) is 11.2 Å². The van der Waals surface area contributed by atoms with E-state index in [9.17, 15) is 9.59 Å². The Balaban J connectivity index is 2.15. The first-order chi connectivity index (χ1) is 8.25. The van der Waals surface area contributed by atoms with Crippen LogP contribution in [0.2, 0.25) is 0 Å². The molecule has 0 saturated carbocycles. The van der Waals surface area contributed by atoms with Crippen molar-refractivity contribution in [1.82, 2.24) is 9.78 Å². The monoisotopic (exact) mass is 230 g/mol. The molecule has 0 spiro atoms. The lowest BCUT2D eigenvalue weighted by Gasteiger charge is -2.07. The first kappa shape index (κ1) is 9.89. The SMILES string of the molecule is O=C1CCc2c([nH]n(-c3ccccc3)c2=O)O1. The predicted molar refractivity (Wildman–Crippen MR) is 60.3 cm³/mol. The molecule has 2 aromatic rings. The third-order valence-corrected chi connectivity index (χ3v) is 2.76. The molecule has 1 aromatic heterocycles. The number of hydrogen-bond donors (Lipinski definition) is 1. The molecule has 1 aromatic carbocycles. The zero-order valence-corrected chi connectivity index (χ0v) is 8.97. The van der Waals surface area contributed by atoms with Gasteiger partial charge in [0.2, 0.25) is 5.88 Å². The molecule has 0 radical (unpaired) electrons. The van der Waals surface area contributed by atoms with Gasteiger partial charge in [0.05, 0.1) is 17.7 Å². The number of ether oxygens (including phenoxy) is 1. The largest absolute Gasteiger partial charge is 0.408 e. The Morgan fingerprint density at radius 1 is 1.12 bits per heavy atom. The second-order valence-electron chi connectivity index (χ2n) is 3.87. The van der Waals surface area contributed by atoms with Crippen molar-refractivity contribution in [1.29, 1.82) is 0 Å². The molecule has 86 valence electrons. The Bertz CT molecular complexity index is 625. The number of para-hydroxylation sites is 1. The van der Waals surface area contributed by atoms with Crippen LogP contribution < -0.4 is 10.3 Å². The summed E-state index contributed by atoms with van der Waals surface area (Å²) in [4.78, 5) is 23.2. The van der Waals surface area contributed by atoms with Gasteiger partial charge in [0.1, 0.15) is 0 Å². The number of aromatic amines is 1. The molecule has 0 bridgehead atoms. The van der Waals surface area contributed by atoms with Gasteiger partial charge in [-0.1, -0.05) is 18.2 Å². The molecule has 1 N–H and O–H groups in total. The average molecular weight is 230 g/mol. The maximum Gasteiger partial charge on any atom is 0.312 e. The second kappa shape index (κ2) is 3.62. The molecule has 0 amide bonds. The number of esters is 1. The number of rotatable bonds is 1. The number of nitrogens with one attached hydrogen (secondary N) is 1. The number of carbonyl (C=O) groups is 1. The molecule has 0 unspecified atom stereocenters. The Hall–Kier alpha value is -2.30. The van der Waals surface area contributed by atoms with E-state index in [2.05, 4.69) is 5.10 Å². The van der Waals surface area contributed by atoms with Crippen LogP contribution in [0.25, 0.3) is 5.69 Å². The predicted octanol–water partition coefficient (Wildman–Crippen LogP) is 1.02. The zero-order chi connectivity index (χ0) is 11.8. The smallest absolute Gasteiger partial charge is 0.312 e. The van der Waals surface area contributed by atoms with Crippen molar-refractivity contribution in [3.05, 3.63) is 46.2 Å². The van der Waals surface area contributed by atoms with Gasteiger partial charge in [-0.25, -0.2) is 4.68 Å². The molecule has 0 aliphatic carbocycles. The van der Waals surface area contributed by atoms with Gasteiger partial charge in [0, 0.05) is 0 Å². The van der Waals surface area contributed by atoms with Crippen molar-refractivity contribution in [2.45, 2.75) is 12.8 Å². The summed E-state index contributed by atoms with van der Waals surface area (Å²) in [6, 6.07) is 9.18. The third kappa shape index (κ3) is 1.56. The Kier molecular flexibility index (Phi) is 2.11. The van der Waals surface area contributed by atoms with Gasteiger partial charge < -0.3 is 4.74 Å². The van der Waals surface area contributed by atoms with Crippen molar-refractivity contribution in [2.75, 3.05) is 0 Å². The molecular weight excluding hydrogens is 220 g/mol. The lowest BCUT2D eigenvalue weighted by Crippen LogP contribution is -2.20. The highest BCUT2D eigenvalue weighted by atomic mass is 16.5. The van der Waals surface area contributed by atoms with Crippen molar-refractivity contribution in [3.8, 4) is 11.6 Å². The highest BCUT2D eigenvalue weighted by molar-refractivity contribution is 5.74. The molecule has 5 heteroatoms. The van der Waals surface area contributed by atoms with Crippen LogP contribution in [0.5, 0.6) is 5.88 Å².